The van der Waals surface area contributed by atoms with Gasteiger partial charge in [-0.05, 0) is 18.8 Å². The second-order valence-electron chi connectivity index (χ2n) is 5.98. The van der Waals surface area contributed by atoms with Gasteiger partial charge in [0.25, 0.3) is 0 Å². The number of carbonyl (C=O) groups is 2. The number of urea groups is 1. The Morgan fingerprint density at radius 3 is 2.60 bits per heavy atom. The van der Waals surface area contributed by atoms with Crippen LogP contribution in [0.15, 0.2) is 0 Å². The van der Waals surface area contributed by atoms with Crippen molar-refractivity contribution in [3.8, 4) is 0 Å². The van der Waals surface area contributed by atoms with Crippen molar-refractivity contribution in [1.29, 1.82) is 0 Å². The van der Waals surface area contributed by atoms with E-state index < -0.39 is 11.9 Å². The molecule has 2 fully saturated rings. The standard InChI is InChI=1S/C14H24N2O4/c1-9-5-3-4-6-11(9)15-14(19)16(2)12-8-20-7-10(12)13(17)18/h9-12H,3-8H2,1-2H3,(H,15,19)(H,17,18). The summed E-state index contributed by atoms with van der Waals surface area (Å²) < 4.78 is 5.21. The van der Waals surface area contributed by atoms with Gasteiger partial charge in [0.2, 0.25) is 0 Å². The number of ether oxygens (including phenoxy) is 1. The maximum absolute atomic E-state index is 12.3. The van der Waals surface area contributed by atoms with Crippen LogP contribution >= 0.6 is 0 Å². The highest BCUT2D eigenvalue weighted by Crippen LogP contribution is 2.24. The smallest absolute Gasteiger partial charge is 0.317 e. The minimum atomic E-state index is -0.904. The van der Waals surface area contributed by atoms with Crippen LogP contribution in [0.5, 0.6) is 0 Å². The molecule has 2 amide bonds. The normalized spacial score (nSPS) is 33.7. The van der Waals surface area contributed by atoms with Crippen LogP contribution in [0.4, 0.5) is 4.79 Å². The number of nitrogens with zero attached hydrogens (tertiary/aromatic N) is 1. The third-order valence-corrected chi connectivity index (χ3v) is 4.61. The molecule has 2 aliphatic rings. The first-order valence-electron chi connectivity index (χ1n) is 7.34. The average Bonchev–Trinajstić information content (AvgIpc) is 2.89. The van der Waals surface area contributed by atoms with Crippen LogP contribution in [0.3, 0.4) is 0 Å². The molecule has 20 heavy (non-hydrogen) atoms. The summed E-state index contributed by atoms with van der Waals surface area (Å²) in [4.78, 5) is 24.9. The van der Waals surface area contributed by atoms with Gasteiger partial charge in [0.15, 0.2) is 0 Å². The molecule has 2 rings (SSSR count). The number of amides is 2. The van der Waals surface area contributed by atoms with Crippen LogP contribution in [0.25, 0.3) is 0 Å². The molecule has 4 atom stereocenters. The Morgan fingerprint density at radius 1 is 1.25 bits per heavy atom. The highest BCUT2D eigenvalue weighted by molar-refractivity contribution is 5.77. The van der Waals surface area contributed by atoms with Gasteiger partial charge in [0.05, 0.1) is 19.3 Å². The predicted molar refractivity (Wildman–Crippen MR) is 73.4 cm³/mol. The first-order valence-corrected chi connectivity index (χ1v) is 7.34. The third-order valence-electron chi connectivity index (χ3n) is 4.61. The van der Waals surface area contributed by atoms with Crippen LogP contribution < -0.4 is 5.32 Å². The number of carboxylic acid groups (broad SMARTS) is 1. The number of likely N-dealkylation sites (N-methyl/N-ethyl adjacent to an activating group) is 1. The number of hydrogen-bond donors (Lipinski definition) is 2. The number of aliphatic carboxylic acids is 1. The minimum absolute atomic E-state index is 0.178. The number of nitrogens with one attached hydrogen (secondary N) is 1. The Balaban J connectivity index is 1.92. The molecule has 2 N–H and O–H groups in total. The quantitative estimate of drug-likeness (QED) is 0.819. The number of rotatable bonds is 3. The van der Waals surface area contributed by atoms with Gasteiger partial charge in [-0.15, -0.1) is 0 Å². The fourth-order valence-electron chi connectivity index (χ4n) is 3.10. The fourth-order valence-corrected chi connectivity index (χ4v) is 3.10. The molecule has 0 aromatic carbocycles. The molecular weight excluding hydrogens is 260 g/mol. The van der Waals surface area contributed by atoms with Gasteiger partial charge >= 0.3 is 12.0 Å². The van der Waals surface area contributed by atoms with Gasteiger partial charge < -0.3 is 20.1 Å². The summed E-state index contributed by atoms with van der Waals surface area (Å²) in [6.45, 7) is 2.63. The number of carboxylic acids is 1. The van der Waals surface area contributed by atoms with E-state index in [2.05, 4.69) is 12.2 Å². The monoisotopic (exact) mass is 284 g/mol. The van der Waals surface area contributed by atoms with E-state index in [0.29, 0.717) is 12.5 Å². The van der Waals surface area contributed by atoms with Crippen molar-refractivity contribution < 1.29 is 19.4 Å². The van der Waals surface area contributed by atoms with Crippen molar-refractivity contribution in [1.82, 2.24) is 10.2 Å². The lowest BCUT2D eigenvalue weighted by atomic mass is 9.86. The van der Waals surface area contributed by atoms with Crippen LogP contribution in [0, 0.1) is 11.8 Å². The second kappa shape index (κ2) is 6.43. The Bertz CT molecular complexity index is 374. The molecule has 0 aromatic rings. The zero-order valence-electron chi connectivity index (χ0n) is 12.2. The summed E-state index contributed by atoms with van der Waals surface area (Å²) in [6, 6.07) is -0.374. The highest BCUT2D eigenvalue weighted by atomic mass is 16.5. The second-order valence-corrected chi connectivity index (χ2v) is 5.98. The Labute approximate surface area is 119 Å². The van der Waals surface area contributed by atoms with Gasteiger partial charge in [-0.1, -0.05) is 19.8 Å². The SMILES string of the molecule is CC1CCCCC1NC(=O)N(C)C1COCC1C(=O)O. The Morgan fingerprint density at radius 2 is 1.95 bits per heavy atom. The average molecular weight is 284 g/mol. The maximum atomic E-state index is 12.3. The first-order chi connectivity index (χ1) is 9.50. The zero-order chi connectivity index (χ0) is 14.7. The highest BCUT2D eigenvalue weighted by Gasteiger charge is 2.39. The van der Waals surface area contributed by atoms with Crippen LogP contribution in [0.2, 0.25) is 0 Å². The van der Waals surface area contributed by atoms with E-state index in [1.165, 1.54) is 11.3 Å². The maximum Gasteiger partial charge on any atom is 0.317 e. The van der Waals surface area contributed by atoms with Gasteiger partial charge in [0.1, 0.15) is 5.92 Å². The minimum Gasteiger partial charge on any atom is -0.481 e. The molecule has 1 aliphatic carbocycles. The molecule has 4 unspecified atom stereocenters. The van der Waals surface area contributed by atoms with E-state index in [9.17, 15) is 9.59 Å². The van der Waals surface area contributed by atoms with E-state index >= 15 is 0 Å². The number of carbonyl (C=O) groups excluding carboxylic acids is 1. The molecule has 6 heteroatoms. The van der Waals surface area contributed by atoms with Crippen molar-refractivity contribution >= 4 is 12.0 Å². The fraction of sp³-hybridized carbons (Fsp3) is 0.857. The summed E-state index contributed by atoms with van der Waals surface area (Å²) in [5, 5.41) is 12.2. The molecule has 6 nitrogen and oxygen atoms in total. The summed E-state index contributed by atoms with van der Waals surface area (Å²) in [5.41, 5.74) is 0. The summed E-state index contributed by atoms with van der Waals surface area (Å²) in [7, 11) is 1.65. The molecule has 1 aliphatic heterocycles. The van der Waals surface area contributed by atoms with Crippen molar-refractivity contribution in [2.75, 3.05) is 20.3 Å². The molecular formula is C14H24N2O4. The van der Waals surface area contributed by atoms with E-state index in [0.717, 1.165) is 19.3 Å². The third kappa shape index (κ3) is 3.23. The van der Waals surface area contributed by atoms with Crippen molar-refractivity contribution in [2.24, 2.45) is 11.8 Å². The van der Waals surface area contributed by atoms with E-state index in [1.54, 1.807) is 7.05 Å². The van der Waals surface area contributed by atoms with Crippen LogP contribution in [0.1, 0.15) is 32.6 Å². The van der Waals surface area contributed by atoms with Crippen molar-refractivity contribution in [3.63, 3.8) is 0 Å². The summed E-state index contributed by atoms with van der Waals surface area (Å²) >= 11 is 0. The predicted octanol–water partition coefficient (Wildman–Crippen LogP) is 1.31. The van der Waals surface area contributed by atoms with Crippen LogP contribution in [-0.4, -0.2) is 54.4 Å². The molecule has 1 saturated carbocycles. The first kappa shape index (κ1) is 15.1. The van der Waals surface area contributed by atoms with Gasteiger partial charge in [-0.3, -0.25) is 4.79 Å². The summed E-state index contributed by atoms with van der Waals surface area (Å²) in [5.74, 6) is -1.05. The molecule has 1 saturated heterocycles. The lowest BCUT2D eigenvalue weighted by molar-refractivity contribution is -0.142. The molecule has 0 aromatic heterocycles. The van der Waals surface area contributed by atoms with Crippen molar-refractivity contribution in [2.45, 2.75) is 44.7 Å². The Kier molecular flexibility index (Phi) is 4.86. The van der Waals surface area contributed by atoms with Gasteiger partial charge in [-0.2, -0.15) is 0 Å². The van der Waals surface area contributed by atoms with Gasteiger partial charge in [-0.25, -0.2) is 4.79 Å². The lowest BCUT2D eigenvalue weighted by Crippen LogP contribution is -2.52. The molecule has 0 radical (unpaired) electrons. The zero-order valence-corrected chi connectivity index (χ0v) is 12.2. The van der Waals surface area contributed by atoms with E-state index in [4.69, 9.17) is 9.84 Å². The number of hydrogen-bond acceptors (Lipinski definition) is 3. The largest absolute Gasteiger partial charge is 0.481 e. The van der Waals surface area contributed by atoms with Crippen LogP contribution in [-0.2, 0) is 9.53 Å². The summed E-state index contributed by atoms with van der Waals surface area (Å²) in [6.07, 6.45) is 4.51. The van der Waals surface area contributed by atoms with Gasteiger partial charge in [0, 0.05) is 13.1 Å². The van der Waals surface area contributed by atoms with Crippen molar-refractivity contribution in [3.05, 3.63) is 0 Å². The lowest BCUT2D eigenvalue weighted by Gasteiger charge is -2.33. The van der Waals surface area contributed by atoms with E-state index in [1.807, 2.05) is 0 Å². The molecule has 0 spiro atoms. The molecule has 114 valence electrons. The molecule has 1 heterocycles. The topological polar surface area (TPSA) is 78.9 Å². The van der Waals surface area contributed by atoms with E-state index in [-0.39, 0.29) is 24.7 Å². The Hall–Kier alpha value is -1.30. The molecule has 0 bridgehead atoms.